The number of aromatic hydroxyl groups is 1. The van der Waals surface area contributed by atoms with E-state index in [2.05, 4.69) is 4.99 Å². The maximum atomic E-state index is 13.6. The lowest BCUT2D eigenvalue weighted by Gasteiger charge is -2.23. The lowest BCUT2D eigenvalue weighted by Crippen LogP contribution is -2.39. The fourth-order valence-electron chi connectivity index (χ4n) is 3.75. The van der Waals surface area contributed by atoms with Gasteiger partial charge in [-0.15, -0.1) is 0 Å². The van der Waals surface area contributed by atoms with Crippen LogP contribution in [0.15, 0.2) is 58.0 Å². The van der Waals surface area contributed by atoms with Crippen LogP contribution in [0, 0.1) is 3.57 Å². The fraction of sp³-hybridized carbons (Fsp3) is 0.240. The zero-order valence-electron chi connectivity index (χ0n) is 19.3. The van der Waals surface area contributed by atoms with Gasteiger partial charge in [-0.3, -0.25) is 9.36 Å². The van der Waals surface area contributed by atoms with Gasteiger partial charge in [-0.25, -0.2) is 9.79 Å². The number of nitrogens with zero attached hydrogens (tertiary/aromatic N) is 2. The van der Waals surface area contributed by atoms with E-state index in [4.69, 9.17) is 14.2 Å². The molecule has 1 aliphatic heterocycles. The van der Waals surface area contributed by atoms with Crippen LogP contribution in [0.1, 0.15) is 31.0 Å². The summed E-state index contributed by atoms with van der Waals surface area (Å²) in [6.45, 7) is 4.65. The first-order chi connectivity index (χ1) is 16.9. The molecular weight excluding hydrogens is 583 g/mol. The lowest BCUT2D eigenvalue weighted by atomic mass is 9.97. The molecule has 8 nitrogen and oxygen atoms in total. The number of halogens is 1. The van der Waals surface area contributed by atoms with Crippen LogP contribution >= 0.6 is 33.9 Å². The summed E-state index contributed by atoms with van der Waals surface area (Å²) in [6, 6.07) is 9.70. The van der Waals surface area contributed by atoms with E-state index in [0.717, 1.165) is 5.56 Å². The van der Waals surface area contributed by atoms with Crippen molar-refractivity contribution < 1.29 is 24.1 Å². The van der Waals surface area contributed by atoms with E-state index >= 15 is 0 Å². The normalized spacial score (nSPS) is 15.1. The third kappa shape index (κ3) is 4.98. The molecule has 1 aromatic heterocycles. The number of fused-ring (bicyclic) bond motifs is 1. The molecule has 0 saturated heterocycles. The maximum absolute atomic E-state index is 13.6. The first kappa shape index (κ1) is 25.0. The number of esters is 1. The predicted octanol–water partition coefficient (Wildman–Crippen LogP) is 3.13. The predicted molar refractivity (Wildman–Crippen MR) is 141 cm³/mol. The monoisotopic (exact) mass is 606 g/mol. The number of aromatic nitrogens is 1. The summed E-state index contributed by atoms with van der Waals surface area (Å²) in [7, 11) is 1.29. The third-order valence-corrected chi connectivity index (χ3v) is 7.14. The molecular formula is C25H23IN2O6S. The van der Waals surface area contributed by atoms with Crippen molar-refractivity contribution in [1.29, 1.82) is 0 Å². The summed E-state index contributed by atoms with van der Waals surface area (Å²) in [6.07, 6.45) is 3.19. The quantitative estimate of drug-likeness (QED) is 0.328. The molecule has 0 spiro atoms. The van der Waals surface area contributed by atoms with E-state index in [0.29, 0.717) is 43.2 Å². The van der Waals surface area contributed by atoms with E-state index < -0.39 is 12.0 Å². The van der Waals surface area contributed by atoms with Crippen molar-refractivity contribution >= 4 is 46.0 Å². The van der Waals surface area contributed by atoms with Crippen LogP contribution in [0.3, 0.4) is 0 Å². The second kappa shape index (κ2) is 10.6. The second-order valence-electron chi connectivity index (χ2n) is 7.46. The molecule has 4 rings (SSSR count). The summed E-state index contributed by atoms with van der Waals surface area (Å²) in [5.74, 6) is 0.699. The molecule has 0 fully saturated rings. The van der Waals surface area contributed by atoms with E-state index in [-0.39, 0.29) is 16.9 Å². The summed E-state index contributed by atoms with van der Waals surface area (Å²) in [5, 5.41) is 9.81. The van der Waals surface area contributed by atoms with E-state index in [1.165, 1.54) is 29.2 Å². The molecule has 0 radical (unpaired) electrons. The van der Waals surface area contributed by atoms with Crippen LogP contribution in [0.4, 0.5) is 0 Å². The average molecular weight is 606 g/mol. The maximum Gasteiger partial charge on any atom is 0.337 e. The van der Waals surface area contributed by atoms with Gasteiger partial charge >= 0.3 is 5.97 Å². The Balaban J connectivity index is 1.90. The molecule has 35 heavy (non-hydrogen) atoms. The lowest BCUT2D eigenvalue weighted by molar-refractivity contribution is -0.136. The highest BCUT2D eigenvalue weighted by Gasteiger charge is 2.31. The van der Waals surface area contributed by atoms with Crippen molar-refractivity contribution in [2.24, 2.45) is 4.99 Å². The minimum atomic E-state index is -0.754. The highest BCUT2D eigenvalue weighted by atomic mass is 127. The zero-order valence-corrected chi connectivity index (χ0v) is 22.3. The van der Waals surface area contributed by atoms with E-state index in [1.54, 1.807) is 42.5 Å². The van der Waals surface area contributed by atoms with E-state index in [1.807, 2.05) is 36.4 Å². The smallest absolute Gasteiger partial charge is 0.337 e. The number of phenols is 1. The SMILES string of the molecule is CCOc1ccc([C@H]2C(C(=O)OC)=CN=c3s/c(=C\c4ccc(O)c(I)c4)c(=O)n32)cc1OCC. The molecule has 182 valence electrons. The summed E-state index contributed by atoms with van der Waals surface area (Å²) in [5.41, 5.74) is 1.37. The number of thiazole rings is 1. The van der Waals surface area contributed by atoms with Gasteiger partial charge in [-0.2, -0.15) is 0 Å². The van der Waals surface area contributed by atoms with Gasteiger partial charge < -0.3 is 19.3 Å². The second-order valence-corrected chi connectivity index (χ2v) is 9.63. The number of benzene rings is 2. The molecule has 1 atom stereocenters. The van der Waals surface area contributed by atoms with Gasteiger partial charge in [-0.1, -0.05) is 23.5 Å². The third-order valence-electron chi connectivity index (χ3n) is 5.28. The van der Waals surface area contributed by atoms with Crippen molar-refractivity contribution in [2.75, 3.05) is 20.3 Å². The molecule has 2 heterocycles. The van der Waals surface area contributed by atoms with Gasteiger partial charge in [0, 0.05) is 6.20 Å². The minimum Gasteiger partial charge on any atom is -0.507 e. The van der Waals surface area contributed by atoms with Crippen molar-refractivity contribution in [2.45, 2.75) is 19.9 Å². The van der Waals surface area contributed by atoms with Crippen LogP contribution < -0.4 is 24.4 Å². The largest absolute Gasteiger partial charge is 0.507 e. The van der Waals surface area contributed by atoms with Crippen molar-refractivity contribution in [3.63, 3.8) is 0 Å². The van der Waals surface area contributed by atoms with Crippen molar-refractivity contribution in [1.82, 2.24) is 4.57 Å². The topological polar surface area (TPSA) is 99.4 Å². The first-order valence-electron chi connectivity index (χ1n) is 10.8. The Labute approximate surface area is 218 Å². The number of ether oxygens (including phenoxy) is 3. The molecule has 0 bridgehead atoms. The van der Waals surface area contributed by atoms with Crippen LogP contribution in [0.5, 0.6) is 17.2 Å². The molecule has 0 unspecified atom stereocenters. The standard InChI is InChI=1S/C25H23IN2O6S/c1-4-33-19-9-7-15(12-20(19)34-5-2)22-16(24(31)32-3)13-27-25-28(22)23(30)21(35-25)11-14-6-8-18(29)17(26)10-14/h6-13,22,29H,4-5H2,1-3H3/b21-11-/t22-/m0/s1. The molecule has 1 aliphatic rings. The Hall–Kier alpha value is -3.12. The molecule has 0 amide bonds. The van der Waals surface area contributed by atoms with Gasteiger partial charge in [0.25, 0.3) is 5.56 Å². The Morgan fingerprint density at radius 2 is 1.91 bits per heavy atom. The van der Waals surface area contributed by atoms with Gasteiger partial charge in [0.1, 0.15) is 5.75 Å². The Morgan fingerprint density at radius 3 is 2.60 bits per heavy atom. The highest BCUT2D eigenvalue weighted by molar-refractivity contribution is 14.1. The number of rotatable bonds is 7. The molecule has 10 heteroatoms. The number of hydrogen-bond acceptors (Lipinski definition) is 8. The Morgan fingerprint density at radius 1 is 1.17 bits per heavy atom. The number of carbonyl (C=O) groups is 1. The van der Waals surface area contributed by atoms with Crippen LogP contribution in [-0.2, 0) is 9.53 Å². The molecule has 0 saturated carbocycles. The summed E-state index contributed by atoms with van der Waals surface area (Å²) in [4.78, 5) is 31.1. The number of phenolic OH excluding ortho intramolecular Hbond substituents is 1. The van der Waals surface area contributed by atoms with Crippen LogP contribution in [0.2, 0.25) is 0 Å². The van der Waals surface area contributed by atoms with Gasteiger partial charge in [0.05, 0.1) is 40.0 Å². The van der Waals surface area contributed by atoms with Crippen LogP contribution in [0.25, 0.3) is 6.08 Å². The number of methoxy groups -OCH3 is 1. The average Bonchev–Trinajstić information content (AvgIpc) is 3.17. The fourth-order valence-corrected chi connectivity index (χ4v) is 5.26. The van der Waals surface area contributed by atoms with Gasteiger partial charge in [0.15, 0.2) is 16.3 Å². The first-order valence-corrected chi connectivity index (χ1v) is 12.7. The number of carbonyl (C=O) groups excluding carboxylic acids is 1. The van der Waals surface area contributed by atoms with Gasteiger partial charge in [0.2, 0.25) is 0 Å². The van der Waals surface area contributed by atoms with E-state index in [9.17, 15) is 14.7 Å². The molecule has 3 aromatic rings. The zero-order chi connectivity index (χ0) is 25.1. The minimum absolute atomic E-state index is 0.174. The molecule has 2 aromatic carbocycles. The van der Waals surface area contributed by atoms with Gasteiger partial charge in [-0.05, 0) is 77.9 Å². The Kier molecular flexibility index (Phi) is 7.60. The summed E-state index contributed by atoms with van der Waals surface area (Å²) >= 11 is 3.25. The Bertz CT molecular complexity index is 1490. The van der Waals surface area contributed by atoms with Crippen molar-refractivity contribution in [3.8, 4) is 17.2 Å². The summed E-state index contributed by atoms with van der Waals surface area (Å²) < 4.78 is 19.1. The highest BCUT2D eigenvalue weighted by Crippen LogP contribution is 2.35. The molecule has 1 N–H and O–H groups in total. The number of hydrogen-bond donors (Lipinski definition) is 1. The van der Waals surface area contributed by atoms with Crippen LogP contribution in [-0.4, -0.2) is 36.0 Å². The van der Waals surface area contributed by atoms with Crippen molar-refractivity contribution in [3.05, 3.63) is 82.6 Å². The molecule has 0 aliphatic carbocycles.